The zero-order chi connectivity index (χ0) is 14.0. The summed E-state index contributed by atoms with van der Waals surface area (Å²) in [5, 5.41) is 0. The largest absolute Gasteiger partial charge is 0.455 e. The van der Waals surface area contributed by atoms with Gasteiger partial charge in [0.1, 0.15) is 11.5 Å². The quantitative estimate of drug-likeness (QED) is 0.607. The van der Waals surface area contributed by atoms with Gasteiger partial charge in [0.05, 0.1) is 11.3 Å². The summed E-state index contributed by atoms with van der Waals surface area (Å²) in [4.78, 5) is 0. The van der Waals surface area contributed by atoms with E-state index in [1.807, 2.05) is 0 Å². The molecule has 0 bridgehead atoms. The normalized spacial score (nSPS) is 11.4. The van der Waals surface area contributed by atoms with Gasteiger partial charge >= 0.3 is 6.18 Å². The fourth-order valence-electron chi connectivity index (χ4n) is 1.52. The number of nitrogens with two attached hydrogens (primary N) is 1. The van der Waals surface area contributed by atoms with E-state index in [0.717, 1.165) is 9.64 Å². The minimum Gasteiger partial charge on any atom is -0.455 e. The highest BCUT2D eigenvalue weighted by molar-refractivity contribution is 14.1. The van der Waals surface area contributed by atoms with Gasteiger partial charge in [-0.15, -0.1) is 0 Å². The molecule has 2 rings (SSSR count). The van der Waals surface area contributed by atoms with Crippen LogP contribution in [0.1, 0.15) is 5.56 Å². The minimum absolute atomic E-state index is 0.206. The Hall–Kier alpha value is -1.44. The van der Waals surface area contributed by atoms with Crippen molar-refractivity contribution in [3.63, 3.8) is 0 Å². The first-order valence-electron chi connectivity index (χ1n) is 5.27. The number of nitrogen functional groups attached to an aromatic ring is 1. The molecule has 0 amide bonds. The van der Waals surface area contributed by atoms with Crippen molar-refractivity contribution in [2.45, 2.75) is 6.18 Å². The van der Waals surface area contributed by atoms with E-state index >= 15 is 0 Å². The maximum atomic E-state index is 12.8. The fraction of sp³-hybridized carbons (Fsp3) is 0.0769. The molecular weight excluding hydrogens is 370 g/mol. The molecule has 0 unspecified atom stereocenters. The molecule has 19 heavy (non-hydrogen) atoms. The van der Waals surface area contributed by atoms with Gasteiger partial charge < -0.3 is 10.5 Å². The van der Waals surface area contributed by atoms with Crippen LogP contribution in [0.3, 0.4) is 0 Å². The summed E-state index contributed by atoms with van der Waals surface area (Å²) in [7, 11) is 0. The van der Waals surface area contributed by atoms with Crippen molar-refractivity contribution in [1.29, 1.82) is 0 Å². The van der Waals surface area contributed by atoms with Crippen LogP contribution < -0.4 is 10.5 Å². The molecule has 0 spiro atoms. The summed E-state index contributed by atoms with van der Waals surface area (Å²) in [5.74, 6) is -0.0555. The number of para-hydroxylation sites is 1. The Labute approximate surface area is 121 Å². The van der Waals surface area contributed by atoms with Gasteiger partial charge in [-0.25, -0.2) is 0 Å². The third-order valence-electron chi connectivity index (χ3n) is 2.38. The van der Waals surface area contributed by atoms with Gasteiger partial charge in [-0.1, -0.05) is 12.1 Å². The van der Waals surface area contributed by atoms with Gasteiger partial charge in [0.15, 0.2) is 0 Å². The monoisotopic (exact) mass is 379 g/mol. The molecule has 2 N–H and O–H groups in total. The van der Waals surface area contributed by atoms with Crippen molar-refractivity contribution in [2.75, 3.05) is 5.73 Å². The summed E-state index contributed by atoms with van der Waals surface area (Å²) in [5.41, 5.74) is 5.19. The summed E-state index contributed by atoms with van der Waals surface area (Å²) >= 11 is 2.06. The summed E-state index contributed by atoms with van der Waals surface area (Å²) in [6.45, 7) is 0. The molecular formula is C13H9F3INO. The molecule has 0 heterocycles. The first-order valence-corrected chi connectivity index (χ1v) is 6.35. The number of anilines is 1. The van der Waals surface area contributed by atoms with E-state index in [9.17, 15) is 13.2 Å². The third-order valence-corrected chi connectivity index (χ3v) is 3.06. The number of alkyl halides is 3. The fourth-order valence-corrected chi connectivity index (χ4v) is 2.04. The van der Waals surface area contributed by atoms with Gasteiger partial charge in [0.25, 0.3) is 0 Å². The van der Waals surface area contributed by atoms with E-state index in [0.29, 0.717) is 5.69 Å². The van der Waals surface area contributed by atoms with E-state index in [2.05, 4.69) is 22.6 Å². The first kappa shape index (κ1) is 14.0. The van der Waals surface area contributed by atoms with Crippen LogP contribution >= 0.6 is 22.6 Å². The molecule has 2 aromatic carbocycles. The van der Waals surface area contributed by atoms with E-state index in [-0.39, 0.29) is 11.5 Å². The number of benzene rings is 2. The molecule has 0 aliphatic heterocycles. The Bertz CT molecular complexity index is 599. The highest BCUT2D eigenvalue weighted by Gasteiger charge is 2.34. The first-order chi connectivity index (χ1) is 8.88. The van der Waals surface area contributed by atoms with Crippen LogP contribution in [0.15, 0.2) is 42.5 Å². The van der Waals surface area contributed by atoms with Crippen LogP contribution in [0.5, 0.6) is 11.5 Å². The van der Waals surface area contributed by atoms with Gasteiger partial charge in [-0.2, -0.15) is 13.2 Å². The number of rotatable bonds is 2. The Kier molecular flexibility index (Phi) is 3.88. The summed E-state index contributed by atoms with van der Waals surface area (Å²) < 4.78 is 44.6. The van der Waals surface area contributed by atoms with Gasteiger partial charge in [-0.3, -0.25) is 0 Å². The zero-order valence-corrected chi connectivity index (χ0v) is 11.7. The van der Waals surface area contributed by atoms with Crippen molar-refractivity contribution < 1.29 is 17.9 Å². The predicted molar refractivity (Wildman–Crippen MR) is 75.1 cm³/mol. The van der Waals surface area contributed by atoms with Crippen molar-refractivity contribution in [3.05, 3.63) is 51.6 Å². The van der Waals surface area contributed by atoms with Crippen molar-refractivity contribution in [2.24, 2.45) is 0 Å². The highest BCUT2D eigenvalue weighted by atomic mass is 127. The second-order valence-corrected chi connectivity index (χ2v) is 5.02. The van der Waals surface area contributed by atoms with Crippen LogP contribution in [-0.4, -0.2) is 0 Å². The number of halogens is 4. The minimum atomic E-state index is -4.46. The maximum absolute atomic E-state index is 12.8. The van der Waals surface area contributed by atoms with E-state index in [4.69, 9.17) is 10.5 Å². The molecule has 100 valence electrons. The molecule has 2 nitrogen and oxygen atoms in total. The van der Waals surface area contributed by atoms with Crippen LogP contribution in [0.2, 0.25) is 0 Å². The Balaban J connectivity index is 2.39. The van der Waals surface area contributed by atoms with E-state index in [1.165, 1.54) is 18.2 Å². The molecule has 0 aliphatic rings. The molecule has 0 aliphatic carbocycles. The molecule has 0 atom stereocenters. The lowest BCUT2D eigenvalue weighted by Crippen LogP contribution is -2.07. The number of ether oxygens (including phenoxy) is 1. The van der Waals surface area contributed by atoms with Crippen LogP contribution in [-0.2, 0) is 6.18 Å². The second-order valence-electron chi connectivity index (χ2n) is 3.78. The van der Waals surface area contributed by atoms with Crippen molar-refractivity contribution in [1.82, 2.24) is 0 Å². The number of hydrogen-bond donors (Lipinski definition) is 1. The lowest BCUT2D eigenvalue weighted by molar-refractivity contribution is -0.138. The zero-order valence-electron chi connectivity index (χ0n) is 9.54. The van der Waals surface area contributed by atoms with Gasteiger partial charge in [0.2, 0.25) is 0 Å². The van der Waals surface area contributed by atoms with Crippen LogP contribution in [0, 0.1) is 3.57 Å². The average Bonchev–Trinajstić information content (AvgIpc) is 2.32. The van der Waals surface area contributed by atoms with Crippen molar-refractivity contribution >= 4 is 28.3 Å². The Morgan fingerprint density at radius 3 is 2.32 bits per heavy atom. The molecule has 6 heteroatoms. The van der Waals surface area contributed by atoms with Crippen LogP contribution in [0.4, 0.5) is 18.9 Å². The molecule has 0 aromatic heterocycles. The average molecular weight is 379 g/mol. The molecule has 0 saturated carbocycles. The Morgan fingerprint density at radius 2 is 1.68 bits per heavy atom. The van der Waals surface area contributed by atoms with E-state index in [1.54, 1.807) is 18.2 Å². The maximum Gasteiger partial charge on any atom is 0.419 e. The molecule has 0 fully saturated rings. The van der Waals surface area contributed by atoms with Crippen molar-refractivity contribution in [3.8, 4) is 11.5 Å². The topological polar surface area (TPSA) is 35.2 Å². The predicted octanol–water partition coefficient (Wildman–Crippen LogP) is 4.68. The number of hydrogen-bond acceptors (Lipinski definition) is 2. The smallest absolute Gasteiger partial charge is 0.419 e. The molecule has 2 aromatic rings. The SMILES string of the molecule is Nc1cc(I)ccc1Oc1ccccc1C(F)(F)F. The second kappa shape index (κ2) is 5.28. The summed E-state index contributed by atoms with van der Waals surface area (Å²) in [6, 6.07) is 9.91. The van der Waals surface area contributed by atoms with Gasteiger partial charge in [-0.05, 0) is 52.9 Å². The summed E-state index contributed by atoms with van der Waals surface area (Å²) in [6.07, 6.45) is -4.46. The molecule has 0 saturated heterocycles. The standard InChI is InChI=1S/C13H9F3INO/c14-13(15,16)9-3-1-2-4-11(9)19-12-6-5-8(17)7-10(12)18/h1-7H,18H2. The lowest BCUT2D eigenvalue weighted by atomic mass is 10.2. The van der Waals surface area contributed by atoms with E-state index < -0.39 is 11.7 Å². The molecule has 0 radical (unpaired) electrons. The van der Waals surface area contributed by atoms with Gasteiger partial charge in [0, 0.05) is 3.57 Å². The third kappa shape index (κ3) is 3.31. The highest BCUT2D eigenvalue weighted by Crippen LogP contribution is 2.39. The lowest BCUT2D eigenvalue weighted by Gasteiger charge is -2.14. The Morgan fingerprint density at radius 1 is 1.00 bits per heavy atom. The van der Waals surface area contributed by atoms with Crippen LogP contribution in [0.25, 0.3) is 0 Å².